The lowest BCUT2D eigenvalue weighted by molar-refractivity contribution is -0.120. The van der Waals surface area contributed by atoms with E-state index in [9.17, 15) is 9.59 Å². The van der Waals surface area contributed by atoms with Gasteiger partial charge in [0.1, 0.15) is 11.5 Å². The molecule has 7 nitrogen and oxygen atoms in total. The predicted molar refractivity (Wildman–Crippen MR) is 110 cm³/mol. The fourth-order valence-electron chi connectivity index (χ4n) is 3.10. The summed E-state index contributed by atoms with van der Waals surface area (Å²) in [6.07, 6.45) is 0. The van der Waals surface area contributed by atoms with E-state index in [0.717, 1.165) is 24.6 Å². The first-order chi connectivity index (χ1) is 13.9. The van der Waals surface area contributed by atoms with E-state index in [-0.39, 0.29) is 23.5 Å². The summed E-state index contributed by atoms with van der Waals surface area (Å²) in [6.45, 7) is 4.91. The van der Waals surface area contributed by atoms with Gasteiger partial charge in [0.25, 0.3) is 5.91 Å². The molecule has 0 bridgehead atoms. The Bertz CT molecular complexity index is 865. The van der Waals surface area contributed by atoms with Crippen LogP contribution >= 0.6 is 23.2 Å². The number of morpholine rings is 1. The standard InChI is InChI=1S/C20H23Cl2N3O4/c1-13-2-5-18(29-13)17(25-6-8-28-9-7-25)11-23-19(26)12-24-20(27)14-3-4-15(21)16(22)10-14/h2-5,10,17H,6-9,11-12H2,1H3,(H,23,26)(H,24,27). The van der Waals surface area contributed by atoms with E-state index in [1.165, 1.54) is 12.1 Å². The molecular formula is C20H23Cl2N3O4. The third kappa shape index (κ3) is 5.96. The van der Waals surface area contributed by atoms with Gasteiger partial charge < -0.3 is 19.8 Å². The number of halogens is 2. The number of nitrogens with one attached hydrogen (secondary N) is 2. The number of rotatable bonds is 7. The Morgan fingerprint density at radius 1 is 1.10 bits per heavy atom. The molecule has 1 atom stereocenters. The largest absolute Gasteiger partial charge is 0.465 e. The highest BCUT2D eigenvalue weighted by Crippen LogP contribution is 2.24. The molecule has 0 aliphatic carbocycles. The number of hydrogen-bond donors (Lipinski definition) is 2. The average Bonchev–Trinajstić information content (AvgIpc) is 3.15. The molecule has 29 heavy (non-hydrogen) atoms. The number of furan rings is 1. The van der Waals surface area contributed by atoms with Crippen LogP contribution in [-0.4, -0.2) is 56.1 Å². The highest BCUT2D eigenvalue weighted by molar-refractivity contribution is 6.42. The Hall–Kier alpha value is -2.06. The quantitative estimate of drug-likeness (QED) is 0.692. The molecule has 0 radical (unpaired) electrons. The summed E-state index contributed by atoms with van der Waals surface area (Å²) in [5, 5.41) is 6.10. The van der Waals surface area contributed by atoms with Crippen molar-refractivity contribution in [1.82, 2.24) is 15.5 Å². The maximum Gasteiger partial charge on any atom is 0.251 e. The zero-order valence-corrected chi connectivity index (χ0v) is 17.6. The number of hydrogen-bond acceptors (Lipinski definition) is 5. The fourth-order valence-corrected chi connectivity index (χ4v) is 3.40. The predicted octanol–water partition coefficient (Wildman–Crippen LogP) is 2.81. The first-order valence-electron chi connectivity index (χ1n) is 9.32. The van der Waals surface area contributed by atoms with Crippen molar-refractivity contribution in [1.29, 1.82) is 0 Å². The number of nitrogens with zero attached hydrogens (tertiary/aromatic N) is 1. The molecule has 9 heteroatoms. The lowest BCUT2D eigenvalue weighted by atomic mass is 10.1. The second-order valence-electron chi connectivity index (χ2n) is 6.73. The van der Waals surface area contributed by atoms with Gasteiger partial charge in [-0.05, 0) is 37.3 Å². The van der Waals surface area contributed by atoms with Crippen LogP contribution in [0.1, 0.15) is 27.9 Å². The Labute approximate surface area is 179 Å². The van der Waals surface area contributed by atoms with Gasteiger partial charge in [-0.1, -0.05) is 23.2 Å². The van der Waals surface area contributed by atoms with Crippen molar-refractivity contribution in [2.24, 2.45) is 0 Å². The average molecular weight is 440 g/mol. The summed E-state index contributed by atoms with van der Waals surface area (Å²) in [5.41, 5.74) is 0.337. The minimum Gasteiger partial charge on any atom is -0.465 e. The molecule has 2 amide bonds. The van der Waals surface area contributed by atoms with Gasteiger partial charge in [0, 0.05) is 25.2 Å². The Morgan fingerprint density at radius 3 is 2.52 bits per heavy atom. The van der Waals surface area contributed by atoms with Gasteiger partial charge in [0.2, 0.25) is 5.91 Å². The van der Waals surface area contributed by atoms with E-state index in [4.69, 9.17) is 32.4 Å². The zero-order chi connectivity index (χ0) is 20.8. The molecule has 156 valence electrons. The number of benzene rings is 1. The lowest BCUT2D eigenvalue weighted by Crippen LogP contribution is -2.45. The van der Waals surface area contributed by atoms with Gasteiger partial charge in [0.05, 0.1) is 35.8 Å². The van der Waals surface area contributed by atoms with E-state index < -0.39 is 5.91 Å². The van der Waals surface area contributed by atoms with Gasteiger partial charge in [-0.15, -0.1) is 0 Å². The summed E-state index contributed by atoms with van der Waals surface area (Å²) < 4.78 is 11.2. The molecule has 1 fully saturated rings. The summed E-state index contributed by atoms with van der Waals surface area (Å²) >= 11 is 11.8. The van der Waals surface area contributed by atoms with E-state index in [1.54, 1.807) is 6.07 Å². The Morgan fingerprint density at radius 2 is 1.86 bits per heavy atom. The van der Waals surface area contributed by atoms with Gasteiger partial charge in [-0.3, -0.25) is 14.5 Å². The zero-order valence-electron chi connectivity index (χ0n) is 16.0. The van der Waals surface area contributed by atoms with Crippen LogP contribution in [0.15, 0.2) is 34.7 Å². The van der Waals surface area contributed by atoms with Crippen LogP contribution in [0.4, 0.5) is 0 Å². The first-order valence-corrected chi connectivity index (χ1v) is 10.1. The van der Waals surface area contributed by atoms with Crippen LogP contribution in [-0.2, 0) is 9.53 Å². The monoisotopic (exact) mass is 439 g/mol. The van der Waals surface area contributed by atoms with Crippen LogP contribution in [0.3, 0.4) is 0 Å². The van der Waals surface area contributed by atoms with E-state index in [0.29, 0.717) is 30.3 Å². The molecule has 1 aliphatic heterocycles. The third-order valence-corrected chi connectivity index (χ3v) is 5.40. The van der Waals surface area contributed by atoms with Crippen LogP contribution in [0.5, 0.6) is 0 Å². The number of ether oxygens (including phenoxy) is 1. The van der Waals surface area contributed by atoms with Crippen molar-refractivity contribution in [3.63, 3.8) is 0 Å². The molecule has 1 aromatic carbocycles. The molecule has 1 aromatic heterocycles. The SMILES string of the molecule is Cc1ccc(C(CNC(=O)CNC(=O)c2ccc(Cl)c(Cl)c2)N2CCOCC2)o1. The smallest absolute Gasteiger partial charge is 0.251 e. The topological polar surface area (TPSA) is 83.8 Å². The maximum absolute atomic E-state index is 12.3. The summed E-state index contributed by atoms with van der Waals surface area (Å²) in [7, 11) is 0. The fraction of sp³-hybridized carbons (Fsp3) is 0.400. The molecule has 1 saturated heterocycles. The third-order valence-electron chi connectivity index (χ3n) is 4.66. The molecule has 2 heterocycles. The Kier molecular flexibility index (Phi) is 7.55. The van der Waals surface area contributed by atoms with Gasteiger partial charge >= 0.3 is 0 Å². The van der Waals surface area contributed by atoms with Crippen molar-refractivity contribution in [3.05, 3.63) is 57.5 Å². The normalized spacial score (nSPS) is 15.7. The highest BCUT2D eigenvalue weighted by atomic mass is 35.5. The van der Waals surface area contributed by atoms with Gasteiger partial charge in [0.15, 0.2) is 0 Å². The summed E-state index contributed by atoms with van der Waals surface area (Å²) in [5.74, 6) is 0.924. The Balaban J connectivity index is 1.54. The van der Waals surface area contributed by atoms with Crippen LogP contribution in [0, 0.1) is 6.92 Å². The van der Waals surface area contributed by atoms with Crippen molar-refractivity contribution < 1.29 is 18.7 Å². The van der Waals surface area contributed by atoms with E-state index in [1.807, 2.05) is 19.1 Å². The molecule has 3 rings (SSSR count). The maximum atomic E-state index is 12.3. The molecular weight excluding hydrogens is 417 g/mol. The minimum atomic E-state index is -0.398. The molecule has 0 spiro atoms. The molecule has 0 saturated carbocycles. The molecule has 1 aliphatic rings. The second kappa shape index (κ2) is 10.1. The molecule has 2 aromatic rings. The van der Waals surface area contributed by atoms with Crippen molar-refractivity contribution in [2.75, 3.05) is 39.4 Å². The van der Waals surface area contributed by atoms with E-state index in [2.05, 4.69) is 15.5 Å². The van der Waals surface area contributed by atoms with Crippen LogP contribution in [0.2, 0.25) is 10.0 Å². The van der Waals surface area contributed by atoms with E-state index >= 15 is 0 Å². The summed E-state index contributed by atoms with van der Waals surface area (Å²) in [6, 6.07) is 8.29. The molecule has 2 N–H and O–H groups in total. The minimum absolute atomic E-state index is 0.0951. The second-order valence-corrected chi connectivity index (χ2v) is 7.54. The lowest BCUT2D eigenvalue weighted by Gasteiger charge is -2.33. The van der Waals surface area contributed by atoms with Crippen molar-refractivity contribution in [3.8, 4) is 0 Å². The number of aryl methyl sites for hydroxylation is 1. The number of amides is 2. The van der Waals surface area contributed by atoms with Crippen molar-refractivity contribution >= 4 is 35.0 Å². The summed E-state index contributed by atoms with van der Waals surface area (Å²) in [4.78, 5) is 26.7. The van der Waals surface area contributed by atoms with Crippen LogP contribution in [0.25, 0.3) is 0 Å². The van der Waals surface area contributed by atoms with Crippen molar-refractivity contribution in [2.45, 2.75) is 13.0 Å². The first kappa shape index (κ1) is 21.6. The highest BCUT2D eigenvalue weighted by Gasteiger charge is 2.25. The van der Waals surface area contributed by atoms with Gasteiger partial charge in [-0.25, -0.2) is 0 Å². The molecule has 1 unspecified atom stereocenters. The number of carbonyl (C=O) groups is 2. The van der Waals surface area contributed by atoms with Gasteiger partial charge in [-0.2, -0.15) is 0 Å². The number of carbonyl (C=O) groups excluding carboxylic acids is 2. The van der Waals surface area contributed by atoms with Crippen LogP contribution < -0.4 is 10.6 Å².